The summed E-state index contributed by atoms with van der Waals surface area (Å²) in [6, 6.07) is 13.8. The van der Waals surface area contributed by atoms with Gasteiger partial charge in [-0.05, 0) is 38.3 Å². The molecule has 1 amide bonds. The van der Waals surface area contributed by atoms with Crippen molar-refractivity contribution in [3.63, 3.8) is 0 Å². The number of non-ortho nitro benzene ring substituents is 1. The maximum Gasteiger partial charge on any atom is 0.271 e. The Kier molecular flexibility index (Phi) is 6.05. The molecule has 0 fully saturated rings. The topological polar surface area (TPSA) is 105 Å². The lowest BCUT2D eigenvalue weighted by Gasteiger charge is -2.07. The normalized spacial score (nSPS) is 11.1. The molecule has 0 aliphatic rings. The maximum absolute atomic E-state index is 12.2. The Labute approximate surface area is 176 Å². The SMILES string of the molecule is O=C(Cc1ccc(Br)c2ccccc12)N/N=C/c1cc([N+](=O)[O-])cc(Br)c1O. The van der Waals surface area contributed by atoms with E-state index in [4.69, 9.17) is 0 Å². The van der Waals surface area contributed by atoms with Crippen LogP contribution < -0.4 is 5.43 Å². The van der Waals surface area contributed by atoms with Gasteiger partial charge in [0.2, 0.25) is 5.91 Å². The zero-order chi connectivity index (χ0) is 20.3. The molecule has 0 radical (unpaired) electrons. The van der Waals surface area contributed by atoms with Crippen LogP contribution in [0, 0.1) is 10.1 Å². The third-order valence-electron chi connectivity index (χ3n) is 3.99. The van der Waals surface area contributed by atoms with E-state index in [1.807, 2.05) is 36.4 Å². The lowest BCUT2D eigenvalue weighted by Crippen LogP contribution is -2.20. The number of amides is 1. The zero-order valence-electron chi connectivity index (χ0n) is 14.2. The monoisotopic (exact) mass is 505 g/mol. The summed E-state index contributed by atoms with van der Waals surface area (Å²) in [6.07, 6.45) is 1.26. The fourth-order valence-corrected chi connectivity index (χ4v) is 3.62. The lowest BCUT2D eigenvalue weighted by molar-refractivity contribution is -0.385. The van der Waals surface area contributed by atoms with Crippen LogP contribution in [0.3, 0.4) is 0 Å². The summed E-state index contributed by atoms with van der Waals surface area (Å²) < 4.78 is 1.10. The van der Waals surface area contributed by atoms with Gasteiger partial charge in [-0.1, -0.05) is 46.3 Å². The van der Waals surface area contributed by atoms with E-state index in [9.17, 15) is 20.0 Å². The second kappa shape index (κ2) is 8.49. The minimum atomic E-state index is -0.585. The highest BCUT2D eigenvalue weighted by Gasteiger charge is 2.14. The summed E-state index contributed by atoms with van der Waals surface area (Å²) in [5.41, 5.74) is 3.11. The molecule has 0 heterocycles. The first-order valence-electron chi connectivity index (χ1n) is 8.01. The molecule has 0 aliphatic carbocycles. The fraction of sp³-hybridized carbons (Fsp3) is 0.0526. The zero-order valence-corrected chi connectivity index (χ0v) is 17.4. The summed E-state index contributed by atoms with van der Waals surface area (Å²) in [7, 11) is 0. The number of carbonyl (C=O) groups is 1. The van der Waals surface area contributed by atoms with Crippen molar-refractivity contribution in [3.8, 4) is 5.75 Å². The number of aromatic hydroxyl groups is 1. The standard InChI is InChI=1S/C19H13Br2N3O4/c20-16-6-5-11(14-3-1-2-4-15(14)16)8-18(25)23-22-10-12-7-13(24(27)28)9-17(21)19(12)26/h1-7,9-10,26H,8H2,(H,23,25)/b22-10+. The molecule has 3 aromatic rings. The van der Waals surface area contributed by atoms with Crippen molar-refractivity contribution in [1.82, 2.24) is 5.43 Å². The summed E-state index contributed by atoms with van der Waals surface area (Å²) in [5, 5.41) is 26.6. The molecular weight excluding hydrogens is 494 g/mol. The van der Waals surface area contributed by atoms with Crippen molar-refractivity contribution in [2.45, 2.75) is 6.42 Å². The minimum Gasteiger partial charge on any atom is -0.506 e. The quantitative estimate of drug-likeness (QED) is 0.298. The van der Waals surface area contributed by atoms with Crippen molar-refractivity contribution in [2.75, 3.05) is 0 Å². The molecule has 0 aromatic heterocycles. The maximum atomic E-state index is 12.2. The second-order valence-electron chi connectivity index (χ2n) is 5.84. The number of halogens is 2. The predicted molar refractivity (Wildman–Crippen MR) is 114 cm³/mol. The Hall–Kier alpha value is -2.78. The van der Waals surface area contributed by atoms with Crippen LogP contribution >= 0.6 is 31.9 Å². The van der Waals surface area contributed by atoms with Gasteiger partial charge in [0.25, 0.3) is 5.69 Å². The summed E-state index contributed by atoms with van der Waals surface area (Å²) in [6.45, 7) is 0. The van der Waals surface area contributed by atoms with Gasteiger partial charge in [-0.25, -0.2) is 5.43 Å². The van der Waals surface area contributed by atoms with Crippen LogP contribution in [0.4, 0.5) is 5.69 Å². The van der Waals surface area contributed by atoms with E-state index in [0.717, 1.165) is 33.1 Å². The lowest BCUT2D eigenvalue weighted by atomic mass is 10.0. The summed E-state index contributed by atoms with van der Waals surface area (Å²) >= 11 is 6.55. The number of nitro benzene ring substituents is 1. The average Bonchev–Trinajstić information content (AvgIpc) is 2.67. The number of phenolic OH excluding ortho intramolecular Hbond substituents is 1. The van der Waals surface area contributed by atoms with Gasteiger partial charge in [0, 0.05) is 22.2 Å². The van der Waals surface area contributed by atoms with Gasteiger partial charge >= 0.3 is 0 Å². The number of rotatable bonds is 5. The van der Waals surface area contributed by atoms with E-state index in [-0.39, 0.29) is 33.8 Å². The number of nitrogens with zero attached hydrogens (tertiary/aromatic N) is 2. The summed E-state index contributed by atoms with van der Waals surface area (Å²) in [5.74, 6) is -0.560. The van der Waals surface area contributed by atoms with Crippen molar-refractivity contribution < 1.29 is 14.8 Å². The van der Waals surface area contributed by atoms with E-state index in [1.54, 1.807) is 0 Å². The first kappa shape index (κ1) is 20.0. The van der Waals surface area contributed by atoms with Crippen LogP contribution in [0.25, 0.3) is 10.8 Å². The summed E-state index contributed by atoms with van der Waals surface area (Å²) in [4.78, 5) is 22.6. The molecule has 0 saturated heterocycles. The number of hydrazone groups is 1. The van der Waals surface area contributed by atoms with Crippen molar-refractivity contribution in [2.24, 2.45) is 5.10 Å². The smallest absolute Gasteiger partial charge is 0.271 e. The highest BCUT2D eigenvalue weighted by atomic mass is 79.9. The molecule has 0 atom stereocenters. The number of phenols is 1. The molecule has 3 aromatic carbocycles. The van der Waals surface area contributed by atoms with Gasteiger partial charge in [0.1, 0.15) is 5.75 Å². The molecule has 9 heteroatoms. The molecule has 2 N–H and O–H groups in total. The molecule has 7 nitrogen and oxygen atoms in total. The Bertz CT molecular complexity index is 1120. The number of carbonyl (C=O) groups excluding carboxylic acids is 1. The third-order valence-corrected chi connectivity index (χ3v) is 5.29. The first-order chi connectivity index (χ1) is 13.4. The Balaban J connectivity index is 1.75. The van der Waals surface area contributed by atoms with Crippen LogP contribution in [0.15, 0.2) is 62.6 Å². The fourth-order valence-electron chi connectivity index (χ4n) is 2.67. The van der Waals surface area contributed by atoms with Crippen LogP contribution in [0.5, 0.6) is 5.75 Å². The molecule has 142 valence electrons. The molecule has 0 saturated carbocycles. The number of fused-ring (bicyclic) bond motifs is 1. The highest BCUT2D eigenvalue weighted by Crippen LogP contribution is 2.31. The Morgan fingerprint density at radius 1 is 1.14 bits per heavy atom. The van der Waals surface area contributed by atoms with Gasteiger partial charge in [-0.2, -0.15) is 5.10 Å². The number of nitro groups is 1. The largest absolute Gasteiger partial charge is 0.506 e. The Morgan fingerprint density at radius 2 is 1.86 bits per heavy atom. The number of benzene rings is 3. The molecular formula is C19H13Br2N3O4. The van der Waals surface area contributed by atoms with Gasteiger partial charge in [0.05, 0.1) is 22.0 Å². The first-order valence-corrected chi connectivity index (χ1v) is 9.60. The molecule has 3 rings (SSSR count). The number of nitrogens with one attached hydrogen (secondary N) is 1. The van der Waals surface area contributed by atoms with E-state index < -0.39 is 4.92 Å². The predicted octanol–water partition coefficient (Wildman–Crippen LogP) is 4.67. The second-order valence-corrected chi connectivity index (χ2v) is 7.55. The minimum absolute atomic E-state index is 0.107. The van der Waals surface area contributed by atoms with Crippen LogP contribution in [0.2, 0.25) is 0 Å². The number of hydrogen-bond acceptors (Lipinski definition) is 5. The molecule has 0 bridgehead atoms. The Morgan fingerprint density at radius 3 is 2.57 bits per heavy atom. The average molecular weight is 507 g/mol. The van der Waals surface area contributed by atoms with Gasteiger partial charge in [-0.3, -0.25) is 14.9 Å². The third kappa shape index (κ3) is 4.37. The van der Waals surface area contributed by atoms with Crippen molar-refractivity contribution in [3.05, 3.63) is 78.7 Å². The molecule has 0 spiro atoms. The van der Waals surface area contributed by atoms with Gasteiger partial charge in [-0.15, -0.1) is 0 Å². The van der Waals surface area contributed by atoms with Crippen molar-refractivity contribution in [1.29, 1.82) is 0 Å². The van der Waals surface area contributed by atoms with Crippen molar-refractivity contribution >= 4 is 60.4 Å². The van der Waals surface area contributed by atoms with Gasteiger partial charge < -0.3 is 5.11 Å². The van der Waals surface area contributed by atoms with E-state index in [1.165, 1.54) is 6.07 Å². The highest BCUT2D eigenvalue weighted by molar-refractivity contribution is 9.11. The number of hydrogen-bond donors (Lipinski definition) is 2. The molecule has 0 unspecified atom stereocenters. The van der Waals surface area contributed by atoms with Crippen LogP contribution in [-0.2, 0) is 11.2 Å². The van der Waals surface area contributed by atoms with E-state index >= 15 is 0 Å². The van der Waals surface area contributed by atoms with Gasteiger partial charge in [0.15, 0.2) is 0 Å². The van der Waals surface area contributed by atoms with E-state index in [0.29, 0.717) is 0 Å². The molecule has 0 aliphatic heterocycles. The van der Waals surface area contributed by atoms with E-state index in [2.05, 4.69) is 42.4 Å². The van der Waals surface area contributed by atoms with Crippen LogP contribution in [-0.4, -0.2) is 22.2 Å². The molecule has 28 heavy (non-hydrogen) atoms. The van der Waals surface area contributed by atoms with Crippen LogP contribution in [0.1, 0.15) is 11.1 Å².